The lowest BCUT2D eigenvalue weighted by atomic mass is 9.89. The molecule has 0 N–H and O–H groups in total. The van der Waals surface area contributed by atoms with Crippen LogP contribution in [0, 0.1) is 6.92 Å². The van der Waals surface area contributed by atoms with Crippen LogP contribution in [0.2, 0.25) is 0 Å². The summed E-state index contributed by atoms with van der Waals surface area (Å²) in [7, 11) is 0. The van der Waals surface area contributed by atoms with Gasteiger partial charge in [0.05, 0.1) is 0 Å². The van der Waals surface area contributed by atoms with Crippen molar-refractivity contribution in [2.45, 2.75) is 6.92 Å². The van der Waals surface area contributed by atoms with Gasteiger partial charge in [0, 0.05) is 33.6 Å². The number of furan rings is 1. The third-order valence-electron chi connectivity index (χ3n) is 12.3. The molecule has 2 nitrogen and oxygen atoms in total. The molecule has 0 spiro atoms. The minimum absolute atomic E-state index is 0.913. The SMILES string of the molecule is Cc1c(-c2cccc(-c3ccc(N(c4ccc(-c5ccccc5-c5ccccc5-c5ccccc5)cc4)c4ccc(-c5cccc6ccccc56)cc4)cc3)c2)oc2ccccc12. The number of rotatable bonds is 9. The monoisotopic (exact) mass is 805 g/mol. The molecule has 0 radical (unpaired) electrons. The number of nitrogens with zero attached hydrogens (tertiary/aromatic N) is 1. The van der Waals surface area contributed by atoms with Crippen molar-refractivity contribution in [2.75, 3.05) is 4.90 Å². The minimum atomic E-state index is 0.913. The number of hydrogen-bond donors (Lipinski definition) is 0. The van der Waals surface area contributed by atoms with E-state index in [-0.39, 0.29) is 0 Å². The number of anilines is 3. The van der Waals surface area contributed by atoms with Crippen molar-refractivity contribution < 1.29 is 4.42 Å². The first kappa shape index (κ1) is 37.8. The molecule has 0 aliphatic carbocycles. The van der Waals surface area contributed by atoms with E-state index < -0.39 is 0 Å². The third-order valence-corrected chi connectivity index (χ3v) is 12.3. The molecule has 2 heteroatoms. The number of fused-ring (bicyclic) bond motifs is 2. The molecule has 63 heavy (non-hydrogen) atoms. The van der Waals surface area contributed by atoms with Crippen LogP contribution in [0.5, 0.6) is 0 Å². The van der Waals surface area contributed by atoms with Gasteiger partial charge in [0.2, 0.25) is 0 Å². The Hall–Kier alpha value is -8.20. The van der Waals surface area contributed by atoms with Gasteiger partial charge in [-0.1, -0.05) is 194 Å². The maximum absolute atomic E-state index is 6.36. The van der Waals surface area contributed by atoms with E-state index in [0.717, 1.165) is 56.0 Å². The summed E-state index contributed by atoms with van der Waals surface area (Å²) in [6, 6.07) is 87.1. The fraction of sp³-hybridized carbons (Fsp3) is 0.0164. The van der Waals surface area contributed by atoms with Crippen molar-refractivity contribution in [2.24, 2.45) is 0 Å². The third kappa shape index (κ3) is 7.18. The summed E-state index contributed by atoms with van der Waals surface area (Å²) in [4.78, 5) is 2.35. The highest BCUT2D eigenvalue weighted by atomic mass is 16.3. The Morgan fingerprint density at radius 3 is 1.37 bits per heavy atom. The molecule has 0 aliphatic rings. The molecule has 1 heterocycles. The molecule has 0 amide bonds. The van der Waals surface area contributed by atoms with Crippen molar-refractivity contribution in [3.8, 4) is 67.0 Å². The van der Waals surface area contributed by atoms with Crippen LogP contribution < -0.4 is 4.90 Å². The van der Waals surface area contributed by atoms with Crippen molar-refractivity contribution in [1.82, 2.24) is 0 Å². The second-order valence-electron chi connectivity index (χ2n) is 16.1. The predicted octanol–water partition coefficient (Wildman–Crippen LogP) is 17.4. The molecule has 0 fully saturated rings. The van der Waals surface area contributed by atoms with Crippen LogP contribution in [0.3, 0.4) is 0 Å². The quantitative estimate of drug-likeness (QED) is 0.144. The van der Waals surface area contributed by atoms with E-state index in [2.05, 4.69) is 242 Å². The van der Waals surface area contributed by atoms with E-state index in [9.17, 15) is 0 Å². The van der Waals surface area contributed by atoms with E-state index in [4.69, 9.17) is 4.42 Å². The highest BCUT2D eigenvalue weighted by Crippen LogP contribution is 2.42. The van der Waals surface area contributed by atoms with Gasteiger partial charge < -0.3 is 9.32 Å². The zero-order chi connectivity index (χ0) is 42.1. The topological polar surface area (TPSA) is 16.4 Å². The predicted molar refractivity (Wildman–Crippen MR) is 266 cm³/mol. The van der Waals surface area contributed by atoms with E-state index in [1.807, 2.05) is 12.1 Å². The summed E-state index contributed by atoms with van der Waals surface area (Å²) in [5.74, 6) is 0.916. The standard InChI is InChI=1S/C61H43NO/c1-42-53-21-11-12-28-60(53)63-61(42)49-20-13-19-48(41-49)43-29-35-50(36-30-43)62(51-37-31-46(32-38-51)55-27-14-18-45-17-5-6-22-54(45)55)52-39-33-47(34-40-52)57-24-8-10-26-59(57)58-25-9-7-23-56(58)44-15-3-2-4-16-44/h2-41H,1H3. The molecule has 0 bridgehead atoms. The molecule has 10 aromatic carbocycles. The number of hydrogen-bond acceptors (Lipinski definition) is 2. The molecule has 0 aliphatic heterocycles. The Balaban J connectivity index is 0.969. The Morgan fingerprint density at radius 2 is 0.730 bits per heavy atom. The van der Waals surface area contributed by atoms with Crippen LogP contribution in [-0.2, 0) is 0 Å². The molecular weight excluding hydrogens is 763 g/mol. The Labute approximate surface area is 368 Å². The summed E-state index contributed by atoms with van der Waals surface area (Å²) in [5, 5.41) is 3.64. The molecule has 0 saturated carbocycles. The number of para-hydroxylation sites is 1. The van der Waals surface area contributed by atoms with Gasteiger partial charge in [-0.15, -0.1) is 0 Å². The average Bonchev–Trinajstić information content (AvgIpc) is 3.70. The van der Waals surface area contributed by atoms with Gasteiger partial charge in [-0.2, -0.15) is 0 Å². The van der Waals surface area contributed by atoms with E-state index >= 15 is 0 Å². The van der Waals surface area contributed by atoms with Crippen molar-refractivity contribution >= 4 is 38.8 Å². The lowest BCUT2D eigenvalue weighted by molar-refractivity contribution is 0.629. The lowest BCUT2D eigenvalue weighted by Gasteiger charge is -2.26. The zero-order valence-electron chi connectivity index (χ0n) is 34.9. The highest BCUT2D eigenvalue weighted by Gasteiger charge is 2.17. The second kappa shape index (κ2) is 16.3. The Morgan fingerprint density at radius 1 is 0.302 bits per heavy atom. The summed E-state index contributed by atoms with van der Waals surface area (Å²) >= 11 is 0. The smallest absolute Gasteiger partial charge is 0.138 e. The second-order valence-corrected chi connectivity index (χ2v) is 16.1. The zero-order valence-corrected chi connectivity index (χ0v) is 34.9. The van der Waals surface area contributed by atoms with E-state index in [0.29, 0.717) is 0 Å². The average molecular weight is 806 g/mol. The Kier molecular flexibility index (Phi) is 9.80. The molecule has 0 atom stereocenters. The van der Waals surface area contributed by atoms with Gasteiger partial charge >= 0.3 is 0 Å². The minimum Gasteiger partial charge on any atom is -0.456 e. The molecule has 298 valence electrons. The first-order valence-corrected chi connectivity index (χ1v) is 21.6. The maximum Gasteiger partial charge on any atom is 0.138 e. The van der Waals surface area contributed by atoms with Crippen LogP contribution in [-0.4, -0.2) is 0 Å². The normalized spacial score (nSPS) is 11.3. The van der Waals surface area contributed by atoms with Gasteiger partial charge in [-0.25, -0.2) is 0 Å². The van der Waals surface area contributed by atoms with Crippen molar-refractivity contribution in [1.29, 1.82) is 0 Å². The van der Waals surface area contributed by atoms with Gasteiger partial charge in [-0.05, 0) is 122 Å². The molecule has 0 unspecified atom stereocenters. The Bertz CT molecular complexity index is 3370. The van der Waals surface area contributed by atoms with Gasteiger partial charge in [0.15, 0.2) is 0 Å². The first-order valence-electron chi connectivity index (χ1n) is 21.6. The fourth-order valence-corrected chi connectivity index (χ4v) is 9.15. The van der Waals surface area contributed by atoms with Crippen LogP contribution in [0.25, 0.3) is 88.7 Å². The summed E-state index contributed by atoms with van der Waals surface area (Å²) in [5.41, 5.74) is 18.3. The number of benzene rings is 10. The van der Waals surface area contributed by atoms with Gasteiger partial charge in [0.1, 0.15) is 11.3 Å². The van der Waals surface area contributed by atoms with Crippen LogP contribution in [0.1, 0.15) is 5.56 Å². The van der Waals surface area contributed by atoms with Crippen molar-refractivity contribution in [3.63, 3.8) is 0 Å². The molecule has 0 saturated heterocycles. The van der Waals surface area contributed by atoms with E-state index in [1.165, 1.54) is 55.3 Å². The number of aryl methyl sites for hydroxylation is 1. The van der Waals surface area contributed by atoms with Crippen LogP contribution in [0.15, 0.2) is 247 Å². The molecular formula is C61H43NO. The summed E-state index contributed by atoms with van der Waals surface area (Å²) in [6.45, 7) is 2.14. The van der Waals surface area contributed by atoms with Gasteiger partial charge in [-0.3, -0.25) is 0 Å². The van der Waals surface area contributed by atoms with Crippen LogP contribution >= 0.6 is 0 Å². The highest BCUT2D eigenvalue weighted by molar-refractivity contribution is 5.97. The first-order chi connectivity index (χ1) is 31.2. The largest absolute Gasteiger partial charge is 0.456 e. The lowest BCUT2D eigenvalue weighted by Crippen LogP contribution is -2.09. The van der Waals surface area contributed by atoms with Crippen molar-refractivity contribution in [3.05, 3.63) is 248 Å². The van der Waals surface area contributed by atoms with Gasteiger partial charge in [0.25, 0.3) is 0 Å². The molecule has 11 rings (SSSR count). The van der Waals surface area contributed by atoms with Crippen LogP contribution in [0.4, 0.5) is 17.1 Å². The summed E-state index contributed by atoms with van der Waals surface area (Å²) < 4.78 is 6.36. The summed E-state index contributed by atoms with van der Waals surface area (Å²) in [6.07, 6.45) is 0. The molecule has 1 aromatic heterocycles. The van der Waals surface area contributed by atoms with E-state index in [1.54, 1.807) is 0 Å². The fourth-order valence-electron chi connectivity index (χ4n) is 9.15. The molecule has 11 aromatic rings. The maximum atomic E-state index is 6.36.